The molecule has 1 aromatic rings. The van der Waals surface area contributed by atoms with Crippen molar-refractivity contribution >= 4 is 5.69 Å². The van der Waals surface area contributed by atoms with Crippen molar-refractivity contribution in [1.29, 1.82) is 0 Å². The first-order valence-corrected chi connectivity index (χ1v) is 7.09. The number of hydrogen-bond acceptors (Lipinski definition) is 2. The quantitative estimate of drug-likeness (QED) is 0.798. The van der Waals surface area contributed by atoms with Crippen molar-refractivity contribution in [3.8, 4) is 0 Å². The highest BCUT2D eigenvalue weighted by Gasteiger charge is 2.31. The number of aryl methyl sites for hydroxylation is 1. The van der Waals surface area contributed by atoms with Crippen molar-refractivity contribution in [2.45, 2.75) is 51.5 Å². The fourth-order valence-corrected chi connectivity index (χ4v) is 2.93. The average Bonchev–Trinajstić information content (AvgIpc) is 2.53. The van der Waals surface area contributed by atoms with Gasteiger partial charge in [-0.3, -0.25) is 0 Å². The normalized spacial score (nSPS) is 28.7. The van der Waals surface area contributed by atoms with Gasteiger partial charge in [0.1, 0.15) is 0 Å². The Balaban J connectivity index is 2.12. The number of benzene rings is 1. The Morgan fingerprint density at radius 1 is 1.33 bits per heavy atom. The van der Waals surface area contributed by atoms with Crippen molar-refractivity contribution < 1.29 is 5.11 Å². The van der Waals surface area contributed by atoms with E-state index in [1.54, 1.807) is 0 Å². The number of hydrogen-bond donors (Lipinski definition) is 2. The van der Waals surface area contributed by atoms with Crippen molar-refractivity contribution in [2.75, 3.05) is 11.9 Å². The lowest BCUT2D eigenvalue weighted by atomic mass is 9.90. The van der Waals surface area contributed by atoms with Crippen LogP contribution in [0.4, 0.5) is 5.69 Å². The number of aliphatic hydroxyl groups excluding tert-OH is 1. The van der Waals surface area contributed by atoms with Gasteiger partial charge < -0.3 is 10.4 Å². The van der Waals surface area contributed by atoms with Crippen LogP contribution in [0.15, 0.2) is 24.3 Å². The van der Waals surface area contributed by atoms with Crippen molar-refractivity contribution in [1.82, 2.24) is 0 Å². The zero-order valence-corrected chi connectivity index (χ0v) is 11.6. The summed E-state index contributed by atoms with van der Waals surface area (Å²) in [4.78, 5) is 0. The van der Waals surface area contributed by atoms with Gasteiger partial charge in [-0.2, -0.15) is 0 Å². The molecule has 1 saturated carbocycles. The molecule has 0 radical (unpaired) electrons. The third-order valence-corrected chi connectivity index (χ3v) is 4.20. The van der Waals surface area contributed by atoms with Crippen LogP contribution in [0.3, 0.4) is 0 Å². The van der Waals surface area contributed by atoms with Crippen molar-refractivity contribution in [3.63, 3.8) is 0 Å². The lowest BCUT2D eigenvalue weighted by Crippen LogP contribution is -2.41. The molecule has 18 heavy (non-hydrogen) atoms. The van der Waals surface area contributed by atoms with Crippen LogP contribution in [0, 0.1) is 12.8 Å². The number of nitrogens with one attached hydrogen (secondary N) is 1. The molecule has 1 aliphatic rings. The highest BCUT2D eigenvalue weighted by atomic mass is 16.3. The SMILES string of the molecule is Cc1cccc(NC2(CO)CCCC(C)CC2)c1. The maximum Gasteiger partial charge on any atom is 0.0661 e. The van der Waals surface area contributed by atoms with E-state index < -0.39 is 0 Å². The molecule has 1 aromatic carbocycles. The highest BCUT2D eigenvalue weighted by molar-refractivity contribution is 5.47. The van der Waals surface area contributed by atoms with E-state index in [9.17, 15) is 5.11 Å². The molecule has 2 atom stereocenters. The topological polar surface area (TPSA) is 32.3 Å². The van der Waals surface area contributed by atoms with Crippen molar-refractivity contribution in [3.05, 3.63) is 29.8 Å². The summed E-state index contributed by atoms with van der Waals surface area (Å²) in [7, 11) is 0. The summed E-state index contributed by atoms with van der Waals surface area (Å²) in [6.07, 6.45) is 5.84. The van der Waals surface area contributed by atoms with E-state index in [4.69, 9.17) is 0 Å². The minimum absolute atomic E-state index is 0.113. The van der Waals surface area contributed by atoms with Crippen LogP contribution in [-0.4, -0.2) is 17.3 Å². The Morgan fingerprint density at radius 2 is 2.17 bits per heavy atom. The third kappa shape index (κ3) is 3.26. The predicted molar refractivity (Wildman–Crippen MR) is 76.9 cm³/mol. The molecular weight excluding hydrogens is 222 g/mol. The maximum absolute atomic E-state index is 9.82. The van der Waals surface area contributed by atoms with E-state index in [2.05, 4.69) is 43.4 Å². The monoisotopic (exact) mass is 247 g/mol. The second-order valence-corrected chi connectivity index (χ2v) is 5.97. The smallest absolute Gasteiger partial charge is 0.0661 e. The minimum Gasteiger partial charge on any atom is -0.394 e. The fraction of sp³-hybridized carbons (Fsp3) is 0.625. The van der Waals surface area contributed by atoms with Crippen LogP contribution in [0.2, 0.25) is 0 Å². The Morgan fingerprint density at radius 3 is 2.89 bits per heavy atom. The van der Waals surface area contributed by atoms with Crippen LogP contribution >= 0.6 is 0 Å². The van der Waals surface area contributed by atoms with Gasteiger partial charge in [0.05, 0.1) is 12.1 Å². The largest absolute Gasteiger partial charge is 0.394 e. The van der Waals surface area contributed by atoms with Gasteiger partial charge >= 0.3 is 0 Å². The van der Waals surface area contributed by atoms with Crippen LogP contribution in [0.25, 0.3) is 0 Å². The lowest BCUT2D eigenvalue weighted by Gasteiger charge is -2.33. The number of anilines is 1. The molecule has 2 N–H and O–H groups in total. The Labute approximate surface area is 110 Å². The standard InChI is InChI=1S/C16H25NO/c1-13-6-4-9-16(12-18,10-8-13)17-15-7-3-5-14(2)11-15/h3,5,7,11,13,17-18H,4,6,8-10,12H2,1-2H3. The third-order valence-electron chi connectivity index (χ3n) is 4.20. The van der Waals surface area contributed by atoms with Gasteiger partial charge in [0.15, 0.2) is 0 Å². The summed E-state index contributed by atoms with van der Waals surface area (Å²) in [6.45, 7) is 4.65. The van der Waals surface area contributed by atoms with E-state index in [1.807, 2.05) is 0 Å². The predicted octanol–water partition coefficient (Wildman–Crippen LogP) is 3.74. The molecule has 0 aromatic heterocycles. The molecule has 0 bridgehead atoms. The Bertz CT molecular complexity index is 390. The highest BCUT2D eigenvalue weighted by Crippen LogP contribution is 2.33. The van der Waals surface area contributed by atoms with Gasteiger partial charge in [-0.05, 0) is 49.8 Å². The average molecular weight is 247 g/mol. The fourth-order valence-electron chi connectivity index (χ4n) is 2.93. The van der Waals surface area contributed by atoms with Gasteiger partial charge in [0, 0.05) is 5.69 Å². The molecule has 0 saturated heterocycles. The molecule has 2 heteroatoms. The zero-order chi connectivity index (χ0) is 13.0. The molecular formula is C16H25NO. The molecule has 2 unspecified atom stereocenters. The summed E-state index contributed by atoms with van der Waals surface area (Å²) >= 11 is 0. The van der Waals surface area contributed by atoms with Gasteiger partial charge in [-0.25, -0.2) is 0 Å². The van der Waals surface area contributed by atoms with Crippen LogP contribution in [0.1, 0.15) is 44.6 Å². The summed E-state index contributed by atoms with van der Waals surface area (Å²) in [5.41, 5.74) is 2.28. The first-order chi connectivity index (χ1) is 8.63. The van der Waals surface area contributed by atoms with Crippen LogP contribution < -0.4 is 5.32 Å². The molecule has 2 nitrogen and oxygen atoms in total. The van der Waals surface area contributed by atoms with Gasteiger partial charge in [-0.1, -0.05) is 31.9 Å². The van der Waals surface area contributed by atoms with Gasteiger partial charge in [-0.15, -0.1) is 0 Å². The lowest BCUT2D eigenvalue weighted by molar-refractivity contribution is 0.194. The van der Waals surface area contributed by atoms with Crippen LogP contribution in [0.5, 0.6) is 0 Å². The molecule has 0 aliphatic heterocycles. The summed E-state index contributed by atoms with van der Waals surface area (Å²) in [5, 5.41) is 13.4. The summed E-state index contributed by atoms with van der Waals surface area (Å²) < 4.78 is 0. The zero-order valence-electron chi connectivity index (χ0n) is 11.6. The molecule has 0 heterocycles. The van der Waals surface area contributed by atoms with Gasteiger partial charge in [0.2, 0.25) is 0 Å². The van der Waals surface area contributed by atoms with E-state index >= 15 is 0 Å². The molecule has 1 aliphatic carbocycles. The molecule has 0 spiro atoms. The second kappa shape index (κ2) is 5.75. The van der Waals surface area contributed by atoms with E-state index in [-0.39, 0.29) is 12.1 Å². The van der Waals surface area contributed by atoms with Crippen LogP contribution in [-0.2, 0) is 0 Å². The molecule has 2 rings (SSSR count). The Kier molecular flexibility index (Phi) is 4.28. The second-order valence-electron chi connectivity index (χ2n) is 5.97. The minimum atomic E-state index is -0.113. The van der Waals surface area contributed by atoms with E-state index in [0.29, 0.717) is 0 Å². The maximum atomic E-state index is 9.82. The van der Waals surface area contributed by atoms with Crippen molar-refractivity contribution in [2.24, 2.45) is 5.92 Å². The van der Waals surface area contributed by atoms with Gasteiger partial charge in [0.25, 0.3) is 0 Å². The summed E-state index contributed by atoms with van der Waals surface area (Å²) in [6, 6.07) is 8.43. The number of rotatable bonds is 3. The molecule has 1 fully saturated rings. The Hall–Kier alpha value is -1.02. The summed E-state index contributed by atoms with van der Waals surface area (Å²) in [5.74, 6) is 0.790. The first kappa shape index (κ1) is 13.4. The number of aliphatic hydroxyl groups is 1. The van der Waals surface area contributed by atoms with E-state index in [1.165, 1.54) is 24.8 Å². The molecule has 100 valence electrons. The first-order valence-electron chi connectivity index (χ1n) is 7.09. The molecule has 0 amide bonds. The van der Waals surface area contributed by atoms with E-state index in [0.717, 1.165) is 24.4 Å².